The van der Waals surface area contributed by atoms with Crippen LogP contribution in [0.3, 0.4) is 0 Å². The van der Waals surface area contributed by atoms with Crippen LogP contribution >= 0.6 is 0 Å². The molecule has 2 N–H and O–H groups in total. The first-order valence-electron chi connectivity index (χ1n) is 8.87. The smallest absolute Gasteiger partial charge is 0.279 e. The van der Waals surface area contributed by atoms with Gasteiger partial charge in [0.15, 0.2) is 5.69 Å². The van der Waals surface area contributed by atoms with Crippen molar-refractivity contribution in [2.45, 2.75) is 13.8 Å². The lowest BCUT2D eigenvalue weighted by molar-refractivity contribution is 0.866. The van der Waals surface area contributed by atoms with Gasteiger partial charge < -0.3 is 4.90 Å². The first-order chi connectivity index (χ1) is 13.2. The molecule has 0 spiro atoms. The van der Waals surface area contributed by atoms with E-state index in [-0.39, 0.29) is 17.2 Å². The van der Waals surface area contributed by atoms with E-state index in [0.717, 1.165) is 24.2 Å². The highest BCUT2D eigenvalue weighted by Gasteiger charge is 2.06. The topological polar surface area (TPSA) is 86.3 Å². The second kappa shape index (κ2) is 8.75. The van der Waals surface area contributed by atoms with Crippen LogP contribution in [0.5, 0.6) is 0 Å². The Morgan fingerprint density at radius 3 is 2.37 bits per heavy atom. The Balaban J connectivity index is 1.66. The minimum atomic E-state index is -0.322. The summed E-state index contributed by atoms with van der Waals surface area (Å²) in [6.07, 6.45) is 1.66. The Morgan fingerprint density at radius 2 is 1.74 bits per heavy atom. The number of nitrogens with one attached hydrogen (secondary N) is 2. The van der Waals surface area contributed by atoms with Gasteiger partial charge in [-0.3, -0.25) is 9.78 Å². The van der Waals surface area contributed by atoms with Crippen LogP contribution in [0.4, 0.5) is 11.6 Å². The number of benzene rings is 2. The molecule has 0 aliphatic rings. The summed E-state index contributed by atoms with van der Waals surface area (Å²) < 4.78 is 0. The van der Waals surface area contributed by atoms with Crippen molar-refractivity contribution in [3.8, 4) is 11.3 Å². The van der Waals surface area contributed by atoms with Gasteiger partial charge in [0, 0.05) is 24.3 Å². The molecule has 7 nitrogen and oxygen atoms in total. The highest BCUT2D eigenvalue weighted by atomic mass is 16.1. The maximum absolute atomic E-state index is 12.2. The van der Waals surface area contributed by atoms with Crippen LogP contribution < -0.4 is 15.9 Å². The standard InChI is InChI=1S/C20H22N6O/c1-3-26(4-2)17-12-10-15(11-13-17)14-21-24-20-22-19(27)18(23-25-20)16-8-6-5-7-9-16/h5-14H,3-4H2,1-2H3,(H2,22,24,25,27)/b21-14-. The monoisotopic (exact) mass is 362 g/mol. The van der Waals surface area contributed by atoms with Crippen LogP contribution in [0.15, 0.2) is 64.5 Å². The Bertz CT molecular complexity index is 946. The molecule has 3 aromatic rings. The van der Waals surface area contributed by atoms with E-state index in [1.807, 2.05) is 42.5 Å². The van der Waals surface area contributed by atoms with Crippen molar-refractivity contribution in [1.29, 1.82) is 0 Å². The zero-order valence-electron chi connectivity index (χ0n) is 15.4. The maximum Gasteiger partial charge on any atom is 0.279 e. The lowest BCUT2D eigenvalue weighted by Gasteiger charge is -2.20. The van der Waals surface area contributed by atoms with Gasteiger partial charge in [0.25, 0.3) is 5.56 Å². The highest BCUT2D eigenvalue weighted by molar-refractivity contribution is 5.80. The van der Waals surface area contributed by atoms with Crippen molar-refractivity contribution in [1.82, 2.24) is 15.2 Å². The number of H-pyrrole nitrogens is 1. The Labute approximate surface area is 157 Å². The third kappa shape index (κ3) is 4.58. The minimum Gasteiger partial charge on any atom is -0.372 e. The van der Waals surface area contributed by atoms with Crippen LogP contribution in [0.2, 0.25) is 0 Å². The fourth-order valence-electron chi connectivity index (χ4n) is 2.70. The van der Waals surface area contributed by atoms with E-state index >= 15 is 0 Å². The first-order valence-corrected chi connectivity index (χ1v) is 8.87. The van der Waals surface area contributed by atoms with Gasteiger partial charge in [-0.25, -0.2) is 5.43 Å². The minimum absolute atomic E-state index is 0.190. The lowest BCUT2D eigenvalue weighted by Crippen LogP contribution is -2.21. The number of hydrogen-bond donors (Lipinski definition) is 2. The molecule has 0 unspecified atom stereocenters. The van der Waals surface area contributed by atoms with Crippen molar-refractivity contribution < 1.29 is 0 Å². The van der Waals surface area contributed by atoms with Gasteiger partial charge >= 0.3 is 0 Å². The zero-order valence-corrected chi connectivity index (χ0v) is 15.4. The van der Waals surface area contributed by atoms with E-state index in [1.165, 1.54) is 5.69 Å². The molecule has 1 heterocycles. The summed E-state index contributed by atoms with van der Waals surface area (Å²) in [6, 6.07) is 17.3. The molecule has 2 aromatic carbocycles. The summed E-state index contributed by atoms with van der Waals surface area (Å²) in [5, 5.41) is 12.1. The molecule has 138 valence electrons. The van der Waals surface area contributed by atoms with E-state index in [1.54, 1.807) is 6.21 Å². The second-order valence-corrected chi connectivity index (χ2v) is 5.85. The lowest BCUT2D eigenvalue weighted by atomic mass is 10.2. The molecule has 0 atom stereocenters. The summed E-state index contributed by atoms with van der Waals surface area (Å²) in [4.78, 5) is 17.1. The molecule has 7 heteroatoms. The molecule has 0 amide bonds. The summed E-state index contributed by atoms with van der Waals surface area (Å²) in [5.74, 6) is 0.190. The Hall–Kier alpha value is -3.48. The third-order valence-electron chi connectivity index (χ3n) is 4.15. The van der Waals surface area contributed by atoms with Crippen LogP contribution in [0.25, 0.3) is 11.3 Å². The van der Waals surface area contributed by atoms with Gasteiger partial charge in [0.05, 0.1) is 6.21 Å². The van der Waals surface area contributed by atoms with E-state index in [4.69, 9.17) is 0 Å². The SMILES string of the molecule is CCN(CC)c1ccc(/C=N\Nc2nnc(-c3ccccc3)c(=O)[nH]2)cc1. The summed E-state index contributed by atoms with van der Waals surface area (Å²) in [7, 11) is 0. The predicted octanol–water partition coefficient (Wildman–Crippen LogP) is 3.12. The van der Waals surface area contributed by atoms with Crippen LogP contribution in [-0.4, -0.2) is 34.5 Å². The largest absolute Gasteiger partial charge is 0.372 e. The van der Waals surface area contributed by atoms with Crippen LogP contribution in [0.1, 0.15) is 19.4 Å². The normalized spacial score (nSPS) is 10.9. The van der Waals surface area contributed by atoms with Gasteiger partial charge in [-0.2, -0.15) is 5.10 Å². The molecule has 0 fully saturated rings. The quantitative estimate of drug-likeness (QED) is 0.498. The molecular weight excluding hydrogens is 340 g/mol. The number of aromatic amines is 1. The zero-order chi connectivity index (χ0) is 19.1. The van der Waals surface area contributed by atoms with Crippen molar-refractivity contribution in [3.05, 3.63) is 70.5 Å². The number of aromatic nitrogens is 3. The van der Waals surface area contributed by atoms with Gasteiger partial charge in [0.1, 0.15) is 0 Å². The number of hydrogen-bond acceptors (Lipinski definition) is 6. The molecule has 1 aromatic heterocycles. The van der Waals surface area contributed by atoms with Crippen LogP contribution in [0, 0.1) is 0 Å². The van der Waals surface area contributed by atoms with Crippen molar-refractivity contribution in [2.24, 2.45) is 5.10 Å². The average Bonchev–Trinajstić information content (AvgIpc) is 2.71. The highest BCUT2D eigenvalue weighted by Crippen LogP contribution is 2.14. The molecule has 3 rings (SSSR count). The van der Waals surface area contributed by atoms with Gasteiger partial charge in [-0.05, 0) is 31.5 Å². The summed E-state index contributed by atoms with van der Waals surface area (Å²) >= 11 is 0. The first kappa shape index (κ1) is 18.3. The molecule has 0 aliphatic heterocycles. The Kier molecular flexibility index (Phi) is 5.94. The van der Waals surface area contributed by atoms with Gasteiger partial charge in [0.2, 0.25) is 5.95 Å². The number of nitrogens with zero attached hydrogens (tertiary/aromatic N) is 4. The van der Waals surface area contributed by atoms with Crippen LogP contribution in [-0.2, 0) is 0 Å². The predicted molar refractivity (Wildman–Crippen MR) is 109 cm³/mol. The number of anilines is 2. The second-order valence-electron chi connectivity index (χ2n) is 5.85. The fourth-order valence-corrected chi connectivity index (χ4v) is 2.70. The number of hydrazone groups is 1. The van der Waals surface area contributed by atoms with E-state index < -0.39 is 0 Å². The molecule has 0 aliphatic carbocycles. The van der Waals surface area contributed by atoms with Gasteiger partial charge in [-0.15, -0.1) is 10.2 Å². The molecule has 27 heavy (non-hydrogen) atoms. The van der Waals surface area contributed by atoms with Crippen molar-refractivity contribution >= 4 is 17.9 Å². The molecule has 0 saturated carbocycles. The number of rotatable bonds is 7. The van der Waals surface area contributed by atoms with E-state index in [9.17, 15) is 4.79 Å². The summed E-state index contributed by atoms with van der Waals surface area (Å²) in [6.45, 7) is 6.20. The van der Waals surface area contributed by atoms with E-state index in [0.29, 0.717) is 0 Å². The molecule has 0 bridgehead atoms. The molecule has 0 radical (unpaired) electrons. The summed E-state index contributed by atoms with van der Waals surface area (Å²) in [5.41, 5.74) is 5.49. The fraction of sp³-hybridized carbons (Fsp3) is 0.200. The molecular formula is C20H22N6O. The molecule has 0 saturated heterocycles. The third-order valence-corrected chi connectivity index (χ3v) is 4.15. The average molecular weight is 362 g/mol. The van der Waals surface area contributed by atoms with Gasteiger partial charge in [-0.1, -0.05) is 42.5 Å². The van der Waals surface area contributed by atoms with Crippen molar-refractivity contribution in [2.75, 3.05) is 23.4 Å². The van der Waals surface area contributed by atoms with E-state index in [2.05, 4.69) is 56.6 Å². The van der Waals surface area contributed by atoms with Crippen molar-refractivity contribution in [3.63, 3.8) is 0 Å². The maximum atomic E-state index is 12.2. The Morgan fingerprint density at radius 1 is 1.04 bits per heavy atom.